The van der Waals surface area contributed by atoms with Crippen LogP contribution in [0.4, 0.5) is 0 Å². The first-order valence-corrected chi connectivity index (χ1v) is 38.6. The number of hydrogen-bond acceptors (Lipinski definition) is 21. The Bertz CT molecular complexity index is 2750. The van der Waals surface area contributed by atoms with Crippen LogP contribution in [0.15, 0.2) is 0 Å². The second-order valence-electron chi connectivity index (χ2n) is 29.6. The molecular weight excluding hydrogens is 1380 g/mol. The molecule has 0 heterocycles. The average molecular weight is 1520 g/mol. The molecule has 0 aliphatic rings. The zero-order chi connectivity index (χ0) is 81.5. The average Bonchev–Trinajstić information content (AvgIpc) is 1.14. The van der Waals surface area contributed by atoms with E-state index in [9.17, 15) is 72.2 Å². The minimum absolute atomic E-state index is 0.0380. The summed E-state index contributed by atoms with van der Waals surface area (Å²) in [5, 5.41) is 44.1. The Kier molecular flexibility index (Phi) is 51.7. The zero-order valence-corrected chi connectivity index (χ0v) is 65.9. The van der Waals surface area contributed by atoms with E-state index in [0.717, 1.165) is 0 Å². The number of carboxylic acids is 1. The lowest BCUT2D eigenvalue weighted by Gasteiger charge is -2.28. The highest BCUT2D eigenvalue weighted by atomic mass is 16.4. The van der Waals surface area contributed by atoms with Gasteiger partial charge in [-0.05, 0) is 225 Å². The Morgan fingerprint density at radius 3 is 0.589 bits per heavy atom. The summed E-state index contributed by atoms with van der Waals surface area (Å²) in [5.74, 6) is -11.5. The van der Waals surface area contributed by atoms with E-state index in [1.165, 1.54) is 27.7 Å². The normalized spacial score (nSPS) is 15.4. The van der Waals surface area contributed by atoms with E-state index in [2.05, 4.69) is 69.1 Å². The zero-order valence-electron chi connectivity index (χ0n) is 65.9. The van der Waals surface area contributed by atoms with Crippen LogP contribution in [0.1, 0.15) is 224 Å². The molecule has 28 N–H and O–H groups in total. The van der Waals surface area contributed by atoms with Crippen LogP contribution in [-0.4, -0.2) is 212 Å². The molecule has 0 fully saturated rings. The van der Waals surface area contributed by atoms with Gasteiger partial charge in [0.1, 0.15) is 78.5 Å². The van der Waals surface area contributed by atoms with Gasteiger partial charge in [0.2, 0.25) is 76.8 Å². The van der Waals surface area contributed by atoms with E-state index >= 15 is 0 Å². The van der Waals surface area contributed by atoms with Gasteiger partial charge in [0, 0.05) is 0 Å². The van der Waals surface area contributed by atoms with E-state index in [4.69, 9.17) is 40.1 Å². The van der Waals surface area contributed by atoms with Gasteiger partial charge in [0.05, 0.1) is 6.04 Å². The Hall–Kier alpha value is -7.70. The van der Waals surface area contributed by atoms with Crippen LogP contribution in [0.3, 0.4) is 0 Å². The molecule has 0 unspecified atom stereocenters. The molecule has 616 valence electrons. The van der Waals surface area contributed by atoms with E-state index in [0.29, 0.717) is 90.0 Å². The summed E-state index contributed by atoms with van der Waals surface area (Å²) in [6, 6.07) is -17.0. The molecule has 0 bridgehead atoms. The van der Waals surface area contributed by atoms with Gasteiger partial charge >= 0.3 is 5.97 Å². The van der Waals surface area contributed by atoms with Crippen LogP contribution in [-0.2, 0) is 67.1 Å². The summed E-state index contributed by atoms with van der Waals surface area (Å²) in [7, 11) is 0. The molecule has 0 rings (SSSR count). The standard InChI is InChI=1S/C72H138N20O15/c1-41(2)37-55(89-62(96)49(79)25-13-19-31-73)68(102)80-45(9)59(93)84-50(26-14-20-32-74)63(97)87-53(29-17-23-35-77)66(100)91-57(39-43(5)6)70(104)82-47(11)61(95)86-52(28-16-22-34-76)65(99)90-56(38-42(3)4)69(103)81-46(10)60(94)85-51(27-15-21-33-75)64(98)88-54(30-18-24-36-78)67(101)92-58(40-44(7)8)71(105)83-48(12)72(106)107/h41-58H,13-40,73-79H2,1-12H3,(H,80,102)(H,81,103)(H,82,104)(H,83,105)(H,84,93)(H,85,94)(H,86,95)(H,87,97)(H,88,98)(H,89,96)(H,90,99)(H,91,100)(H,92,101)(H,106,107)/t45-,46-,47-,48-,49-,50-,51-,52-,53-,54-,55-,56-,57-,58-/m0/s1. The molecule has 0 aliphatic carbocycles. The van der Waals surface area contributed by atoms with Crippen molar-refractivity contribution in [1.29, 1.82) is 0 Å². The van der Waals surface area contributed by atoms with Crippen molar-refractivity contribution in [3.63, 3.8) is 0 Å². The summed E-state index contributed by atoms with van der Waals surface area (Å²) in [6.45, 7) is 21.7. The number of nitrogens with one attached hydrogen (secondary N) is 13. The molecule has 0 spiro atoms. The number of carboxylic acid groups (broad SMARTS) is 1. The Morgan fingerprint density at radius 1 is 0.224 bits per heavy atom. The predicted octanol–water partition coefficient (Wildman–Crippen LogP) is -2.26. The van der Waals surface area contributed by atoms with Crippen molar-refractivity contribution in [3.05, 3.63) is 0 Å². The van der Waals surface area contributed by atoms with Crippen molar-refractivity contribution in [1.82, 2.24) is 69.1 Å². The maximum Gasteiger partial charge on any atom is 0.325 e. The highest BCUT2D eigenvalue weighted by Gasteiger charge is 2.37. The second kappa shape index (κ2) is 55.7. The van der Waals surface area contributed by atoms with Crippen molar-refractivity contribution < 1.29 is 72.2 Å². The summed E-state index contributed by atoms with van der Waals surface area (Å²) in [4.78, 5) is 193. The number of nitrogens with two attached hydrogens (primary N) is 7. The molecule has 13 amide bonds. The molecular formula is C72H138N20O15. The van der Waals surface area contributed by atoms with Gasteiger partial charge in [-0.2, -0.15) is 0 Å². The van der Waals surface area contributed by atoms with E-state index in [1.54, 1.807) is 27.7 Å². The summed E-state index contributed by atoms with van der Waals surface area (Å²) < 4.78 is 0. The minimum atomic E-state index is -1.33. The topological polar surface area (TPSA) is 598 Å². The maximum absolute atomic E-state index is 14.4. The van der Waals surface area contributed by atoms with Crippen molar-refractivity contribution in [2.24, 2.45) is 63.8 Å². The first-order chi connectivity index (χ1) is 50.4. The number of hydrogen-bond donors (Lipinski definition) is 21. The van der Waals surface area contributed by atoms with Crippen LogP contribution in [0.5, 0.6) is 0 Å². The Morgan fingerprint density at radius 2 is 0.393 bits per heavy atom. The Labute approximate surface area is 633 Å². The maximum atomic E-state index is 14.4. The van der Waals surface area contributed by atoms with Crippen LogP contribution in [0, 0.1) is 23.7 Å². The Balaban J connectivity index is 6.73. The number of rotatable bonds is 59. The SMILES string of the molecule is CC(C)C[C@H](NC(=O)[C@H](CCCCN)NC(=O)[C@H](CCCCN)NC(=O)[C@H](C)NC(=O)[C@H](CC(C)C)NC(=O)[C@H](CCCCN)NC(=O)[C@H](C)NC(=O)[C@H](CC(C)C)NC(=O)[C@H](CCCCN)NC(=O)[C@H](CCCCN)NC(=O)[C@H](C)NC(=O)[C@H](CC(C)C)NC(=O)[C@@H](N)CCCCN)C(=O)N[C@@H](C)C(=O)O. The van der Waals surface area contributed by atoms with Gasteiger partial charge in [0.25, 0.3) is 0 Å². The first kappa shape index (κ1) is 99.3. The van der Waals surface area contributed by atoms with Crippen molar-refractivity contribution in [2.75, 3.05) is 39.3 Å². The predicted molar refractivity (Wildman–Crippen MR) is 409 cm³/mol. The first-order valence-electron chi connectivity index (χ1n) is 38.6. The van der Waals surface area contributed by atoms with Gasteiger partial charge in [-0.15, -0.1) is 0 Å². The summed E-state index contributed by atoms with van der Waals surface area (Å²) >= 11 is 0. The molecule has 0 radical (unpaired) electrons. The third-order valence-corrected chi connectivity index (χ3v) is 17.6. The quantitative estimate of drug-likeness (QED) is 0.0286. The van der Waals surface area contributed by atoms with Gasteiger partial charge in [0.15, 0.2) is 0 Å². The van der Waals surface area contributed by atoms with Gasteiger partial charge < -0.3 is 114 Å². The third-order valence-electron chi connectivity index (χ3n) is 17.6. The second-order valence-corrected chi connectivity index (χ2v) is 29.6. The summed E-state index contributed by atoms with van der Waals surface area (Å²) in [6.07, 6.45) is 6.62. The number of amides is 13. The fraction of sp³-hybridized carbons (Fsp3) is 0.806. The number of aliphatic carboxylic acids is 1. The number of unbranched alkanes of at least 4 members (excludes halogenated alkanes) is 6. The van der Waals surface area contributed by atoms with Crippen LogP contribution in [0.25, 0.3) is 0 Å². The molecule has 0 aromatic rings. The van der Waals surface area contributed by atoms with Crippen LogP contribution in [0.2, 0.25) is 0 Å². The fourth-order valence-electron chi connectivity index (χ4n) is 11.3. The molecule has 0 saturated heterocycles. The lowest BCUT2D eigenvalue weighted by molar-refractivity contribution is -0.142. The smallest absolute Gasteiger partial charge is 0.325 e. The van der Waals surface area contributed by atoms with Gasteiger partial charge in [-0.1, -0.05) is 61.8 Å². The van der Waals surface area contributed by atoms with Crippen molar-refractivity contribution in [3.8, 4) is 0 Å². The molecule has 0 aromatic heterocycles. The molecule has 14 atom stereocenters. The highest BCUT2D eigenvalue weighted by molar-refractivity contribution is 6.00. The lowest BCUT2D eigenvalue weighted by Crippen LogP contribution is -2.60. The third kappa shape index (κ3) is 42.6. The van der Waals surface area contributed by atoms with E-state index < -0.39 is 167 Å². The van der Waals surface area contributed by atoms with Crippen molar-refractivity contribution in [2.45, 2.75) is 309 Å². The van der Waals surface area contributed by atoms with Crippen LogP contribution < -0.4 is 109 Å². The largest absolute Gasteiger partial charge is 0.480 e. The lowest BCUT2D eigenvalue weighted by atomic mass is 10.0. The fourth-order valence-corrected chi connectivity index (χ4v) is 11.3. The number of carbonyl (C=O) groups excluding carboxylic acids is 13. The molecule has 0 saturated carbocycles. The molecule has 35 heteroatoms. The molecule has 0 aliphatic heterocycles. The van der Waals surface area contributed by atoms with Crippen molar-refractivity contribution >= 4 is 82.8 Å². The van der Waals surface area contributed by atoms with E-state index in [1.807, 2.05) is 27.7 Å². The highest BCUT2D eigenvalue weighted by Crippen LogP contribution is 2.15. The van der Waals surface area contributed by atoms with Crippen LogP contribution >= 0.6 is 0 Å². The molecule has 0 aromatic carbocycles. The van der Waals surface area contributed by atoms with Gasteiger partial charge in [-0.25, -0.2) is 0 Å². The molecule has 107 heavy (non-hydrogen) atoms. The minimum Gasteiger partial charge on any atom is -0.480 e. The van der Waals surface area contributed by atoms with E-state index in [-0.39, 0.29) is 114 Å². The number of carbonyl (C=O) groups is 14. The van der Waals surface area contributed by atoms with Gasteiger partial charge in [-0.3, -0.25) is 67.1 Å². The molecule has 35 nitrogen and oxygen atoms in total. The monoisotopic (exact) mass is 1520 g/mol. The summed E-state index contributed by atoms with van der Waals surface area (Å²) in [5.41, 5.74) is 40.7.